The van der Waals surface area contributed by atoms with Crippen LogP contribution in [0.15, 0.2) is 60.9 Å². The molecule has 0 spiro atoms. The second kappa shape index (κ2) is 9.18. The molecule has 2 aromatic carbocycles. The van der Waals surface area contributed by atoms with Crippen molar-refractivity contribution in [2.45, 2.75) is 37.6 Å². The van der Waals surface area contributed by atoms with Crippen LogP contribution < -0.4 is 0 Å². The molecule has 150 valence electrons. The highest BCUT2D eigenvalue weighted by Crippen LogP contribution is 2.30. The number of benzene rings is 2. The van der Waals surface area contributed by atoms with Gasteiger partial charge in [0.1, 0.15) is 6.33 Å². The summed E-state index contributed by atoms with van der Waals surface area (Å²) in [6, 6.07) is 18.3. The molecule has 7 heteroatoms. The van der Waals surface area contributed by atoms with Crippen LogP contribution in [0.3, 0.4) is 0 Å². The minimum absolute atomic E-state index is 0.00452. The summed E-state index contributed by atoms with van der Waals surface area (Å²) in [7, 11) is 0. The quantitative estimate of drug-likeness (QED) is 0.619. The highest BCUT2D eigenvalue weighted by Gasteiger charge is 2.26. The van der Waals surface area contributed by atoms with Gasteiger partial charge < -0.3 is 4.90 Å². The van der Waals surface area contributed by atoms with Crippen molar-refractivity contribution >= 4 is 17.5 Å². The van der Waals surface area contributed by atoms with E-state index in [0.717, 1.165) is 31.5 Å². The van der Waals surface area contributed by atoms with Gasteiger partial charge >= 0.3 is 0 Å². The van der Waals surface area contributed by atoms with Crippen LogP contribution in [0.5, 0.6) is 0 Å². The number of carbonyl (C=O) groups excluding carboxylic acids is 1. The molecule has 0 aliphatic carbocycles. The van der Waals surface area contributed by atoms with E-state index < -0.39 is 0 Å². The molecule has 0 bridgehead atoms. The fourth-order valence-corrected chi connectivity index (χ4v) is 4.17. The zero-order chi connectivity index (χ0) is 20.1. The minimum atomic E-state index is -0.00452. The van der Waals surface area contributed by atoms with E-state index in [1.165, 1.54) is 5.56 Å². The molecule has 1 aliphatic rings. The Labute approximate surface area is 175 Å². The minimum Gasteiger partial charge on any atom is -0.343 e. The predicted molar refractivity (Wildman–Crippen MR) is 112 cm³/mol. The maximum absolute atomic E-state index is 13.1. The lowest BCUT2D eigenvalue weighted by Gasteiger charge is -2.33. The molecule has 1 atom stereocenters. The summed E-state index contributed by atoms with van der Waals surface area (Å²) < 4.78 is 1.67. The van der Waals surface area contributed by atoms with Crippen LogP contribution in [0.2, 0.25) is 5.02 Å². The van der Waals surface area contributed by atoms with Gasteiger partial charge in [-0.05, 0) is 52.4 Å². The van der Waals surface area contributed by atoms with Crippen LogP contribution in [0.4, 0.5) is 0 Å². The van der Waals surface area contributed by atoms with Crippen molar-refractivity contribution in [3.05, 3.63) is 77.1 Å². The third kappa shape index (κ3) is 5.01. The summed E-state index contributed by atoms with van der Waals surface area (Å²) in [5.74, 6) is 0.716. The van der Waals surface area contributed by atoms with Gasteiger partial charge in [0, 0.05) is 30.5 Å². The first-order valence-corrected chi connectivity index (χ1v) is 10.4. The molecule has 1 aromatic heterocycles. The van der Waals surface area contributed by atoms with Gasteiger partial charge in [0.2, 0.25) is 5.91 Å². The van der Waals surface area contributed by atoms with Crippen LogP contribution >= 0.6 is 11.6 Å². The third-order valence-electron chi connectivity index (χ3n) is 5.68. The van der Waals surface area contributed by atoms with Crippen molar-refractivity contribution in [2.75, 3.05) is 13.1 Å². The van der Waals surface area contributed by atoms with Gasteiger partial charge in [-0.15, -0.1) is 5.10 Å². The molecule has 4 rings (SSSR count). The topological polar surface area (TPSA) is 63.9 Å². The number of carbonyl (C=O) groups is 1. The second-order valence-electron chi connectivity index (χ2n) is 7.55. The van der Waals surface area contributed by atoms with Crippen LogP contribution in [0.1, 0.15) is 42.2 Å². The van der Waals surface area contributed by atoms with Crippen molar-refractivity contribution in [1.82, 2.24) is 25.1 Å². The van der Waals surface area contributed by atoms with E-state index in [1.54, 1.807) is 11.0 Å². The second-order valence-corrected chi connectivity index (χ2v) is 7.99. The number of hydrogen-bond acceptors (Lipinski definition) is 4. The average Bonchev–Trinajstić information content (AvgIpc) is 3.28. The Morgan fingerprint density at radius 1 is 1.07 bits per heavy atom. The van der Waals surface area contributed by atoms with Gasteiger partial charge in [0.25, 0.3) is 0 Å². The summed E-state index contributed by atoms with van der Waals surface area (Å²) in [5.41, 5.74) is 2.44. The number of halogens is 1. The molecule has 29 heavy (non-hydrogen) atoms. The maximum atomic E-state index is 13.1. The van der Waals surface area contributed by atoms with Crippen LogP contribution in [-0.2, 0) is 11.3 Å². The lowest BCUT2D eigenvalue weighted by atomic mass is 9.89. The van der Waals surface area contributed by atoms with E-state index in [2.05, 4.69) is 39.8 Å². The third-order valence-corrected chi connectivity index (χ3v) is 5.93. The van der Waals surface area contributed by atoms with E-state index in [0.29, 0.717) is 23.9 Å². The molecule has 1 fully saturated rings. The van der Waals surface area contributed by atoms with E-state index in [1.807, 2.05) is 35.2 Å². The van der Waals surface area contributed by atoms with Gasteiger partial charge in [-0.25, -0.2) is 4.68 Å². The Morgan fingerprint density at radius 2 is 1.79 bits per heavy atom. The van der Waals surface area contributed by atoms with Crippen molar-refractivity contribution < 1.29 is 4.79 Å². The van der Waals surface area contributed by atoms with Gasteiger partial charge in [-0.3, -0.25) is 4.79 Å². The number of rotatable bonds is 6. The van der Waals surface area contributed by atoms with Gasteiger partial charge in [-0.2, -0.15) is 0 Å². The largest absolute Gasteiger partial charge is 0.343 e. The average molecular weight is 410 g/mol. The molecular weight excluding hydrogens is 386 g/mol. The van der Waals surface area contributed by atoms with Gasteiger partial charge in [0.05, 0.1) is 6.54 Å². The molecule has 1 saturated heterocycles. The van der Waals surface area contributed by atoms with Crippen LogP contribution in [0, 0.1) is 0 Å². The zero-order valence-electron chi connectivity index (χ0n) is 16.2. The number of tetrazole rings is 1. The SMILES string of the molecule is O=C(CC(Cn1cnnn1)c1ccc(Cl)cc1)N1CCC(c2ccccc2)CC1. The molecule has 3 aromatic rings. The highest BCUT2D eigenvalue weighted by molar-refractivity contribution is 6.30. The fourth-order valence-electron chi connectivity index (χ4n) is 4.04. The van der Waals surface area contributed by atoms with E-state index >= 15 is 0 Å². The number of likely N-dealkylation sites (tertiary alicyclic amines) is 1. The summed E-state index contributed by atoms with van der Waals surface area (Å²) in [4.78, 5) is 15.1. The first-order chi connectivity index (χ1) is 14.2. The fraction of sp³-hybridized carbons (Fsp3) is 0.364. The molecule has 1 aliphatic heterocycles. The van der Waals surface area contributed by atoms with E-state index in [4.69, 9.17) is 11.6 Å². The summed E-state index contributed by atoms with van der Waals surface area (Å²) in [6.45, 7) is 2.16. The molecule has 0 radical (unpaired) electrons. The van der Waals surface area contributed by atoms with Crippen LogP contribution in [0.25, 0.3) is 0 Å². The van der Waals surface area contributed by atoms with Crippen molar-refractivity contribution in [3.63, 3.8) is 0 Å². The summed E-state index contributed by atoms with van der Waals surface area (Å²) in [5, 5.41) is 12.1. The van der Waals surface area contributed by atoms with Crippen molar-refractivity contribution in [2.24, 2.45) is 0 Å². The predicted octanol–water partition coefficient (Wildman–Crippen LogP) is 3.91. The molecule has 6 nitrogen and oxygen atoms in total. The molecule has 1 unspecified atom stereocenters. The first-order valence-electron chi connectivity index (χ1n) is 9.98. The lowest BCUT2D eigenvalue weighted by Crippen LogP contribution is -2.38. The number of aromatic nitrogens is 4. The first kappa shape index (κ1) is 19.6. The Kier molecular flexibility index (Phi) is 6.20. The van der Waals surface area contributed by atoms with E-state index in [9.17, 15) is 4.79 Å². The Morgan fingerprint density at radius 3 is 2.45 bits per heavy atom. The highest BCUT2D eigenvalue weighted by atomic mass is 35.5. The number of nitrogens with zero attached hydrogens (tertiary/aromatic N) is 5. The molecule has 1 amide bonds. The molecular formula is C22H24ClN5O. The smallest absolute Gasteiger partial charge is 0.223 e. The zero-order valence-corrected chi connectivity index (χ0v) is 16.9. The number of hydrogen-bond donors (Lipinski definition) is 0. The molecule has 0 saturated carbocycles. The summed E-state index contributed by atoms with van der Waals surface area (Å²) in [6.07, 6.45) is 4.03. The van der Waals surface area contributed by atoms with Gasteiger partial charge in [-0.1, -0.05) is 54.1 Å². The monoisotopic (exact) mass is 409 g/mol. The Hall–Kier alpha value is -2.73. The lowest BCUT2D eigenvalue weighted by molar-refractivity contribution is -0.132. The summed E-state index contributed by atoms with van der Waals surface area (Å²) >= 11 is 6.04. The van der Waals surface area contributed by atoms with E-state index in [-0.39, 0.29) is 11.8 Å². The number of amides is 1. The number of piperidine rings is 1. The normalized spacial score (nSPS) is 16.0. The molecule has 0 N–H and O–H groups in total. The maximum Gasteiger partial charge on any atom is 0.223 e. The molecule has 2 heterocycles. The Balaban J connectivity index is 1.40. The van der Waals surface area contributed by atoms with Crippen molar-refractivity contribution in [3.8, 4) is 0 Å². The van der Waals surface area contributed by atoms with Crippen LogP contribution in [-0.4, -0.2) is 44.1 Å². The Bertz CT molecular complexity index is 906. The standard InChI is InChI=1S/C22H24ClN5O/c23-21-8-6-18(7-9-21)20(15-28-16-24-25-26-28)14-22(29)27-12-10-19(11-13-27)17-4-2-1-3-5-17/h1-9,16,19-20H,10-15H2. The van der Waals surface area contributed by atoms with Gasteiger partial charge in [0.15, 0.2) is 0 Å². The van der Waals surface area contributed by atoms with Crippen molar-refractivity contribution in [1.29, 1.82) is 0 Å².